The number of carbonyl (C=O) groups is 5. The molecular formula is C45H60N8O6. The van der Waals surface area contributed by atoms with E-state index in [1.165, 1.54) is 0 Å². The average Bonchev–Trinajstić information content (AvgIpc) is 3.19. The quantitative estimate of drug-likeness (QED) is 0.0751. The molecule has 9 N–H and O–H groups in total. The Kier molecular flexibility index (Phi) is 19.2. The van der Waals surface area contributed by atoms with Crippen LogP contribution in [-0.2, 0) is 49.6 Å². The van der Waals surface area contributed by atoms with Gasteiger partial charge in [0.05, 0.1) is 18.1 Å². The summed E-state index contributed by atoms with van der Waals surface area (Å²) in [6.45, 7) is 8.59. The van der Waals surface area contributed by atoms with Gasteiger partial charge in [0.15, 0.2) is 11.6 Å². The molecule has 4 atom stereocenters. The van der Waals surface area contributed by atoms with Crippen LogP contribution in [0.5, 0.6) is 0 Å². The van der Waals surface area contributed by atoms with E-state index >= 15 is 0 Å². The molecule has 2 heterocycles. The molecule has 3 amide bonds. The lowest BCUT2D eigenvalue weighted by molar-refractivity contribution is -0.128. The highest BCUT2D eigenvalue weighted by Gasteiger charge is 2.27. The molecule has 0 aliphatic rings. The second-order valence-corrected chi connectivity index (χ2v) is 15.4. The molecule has 14 heteroatoms. The van der Waals surface area contributed by atoms with Gasteiger partial charge in [-0.1, -0.05) is 60.7 Å². The standard InChI is InChI=1S/C25H34N4O4.C20H26N4O2/c1-17(21(30)13-11-19-14-15-27-22(26)16-19)28-23(31)20(29-24(32)33-25(2,3)4)12-10-18-8-6-5-7-9-18;1-14(18(25)10-8-16-11-12-23-19(22)13-16)24-20(26)17(21)9-7-15-5-3-2-4-6-15/h5-9,14-17,20H,10-13H2,1-4H3,(H2,26,27)(H,28,31)(H,29,32);2-6,11-14,17H,7-10,21H2,1H3,(H2,22,23)(H,24,26)/t17-,20+;14-,17+/m00/s1. The van der Waals surface area contributed by atoms with Gasteiger partial charge in [-0.15, -0.1) is 0 Å². The molecule has 14 nitrogen and oxygen atoms in total. The maximum absolute atomic E-state index is 12.9. The molecule has 0 radical (unpaired) electrons. The highest BCUT2D eigenvalue weighted by molar-refractivity contribution is 5.92. The van der Waals surface area contributed by atoms with Crippen molar-refractivity contribution in [2.45, 2.75) is 116 Å². The Morgan fingerprint density at radius 3 is 1.49 bits per heavy atom. The van der Waals surface area contributed by atoms with Crippen molar-refractivity contribution in [1.82, 2.24) is 25.9 Å². The van der Waals surface area contributed by atoms with Gasteiger partial charge < -0.3 is 37.9 Å². The van der Waals surface area contributed by atoms with E-state index in [0.29, 0.717) is 50.2 Å². The van der Waals surface area contributed by atoms with Crippen molar-refractivity contribution >= 4 is 41.1 Å². The molecule has 4 rings (SSSR count). The summed E-state index contributed by atoms with van der Waals surface area (Å²) in [7, 11) is 0. The number of benzene rings is 2. The van der Waals surface area contributed by atoms with Crippen molar-refractivity contribution in [3.8, 4) is 0 Å². The zero-order valence-electron chi connectivity index (χ0n) is 34.8. The lowest BCUT2D eigenvalue weighted by atomic mass is 10.0. The summed E-state index contributed by atoms with van der Waals surface area (Å²) in [5.41, 5.74) is 20.6. The van der Waals surface area contributed by atoms with Crippen LogP contribution in [0.4, 0.5) is 16.4 Å². The second kappa shape index (κ2) is 23.9. The van der Waals surface area contributed by atoms with E-state index < -0.39 is 41.8 Å². The van der Waals surface area contributed by atoms with E-state index in [0.717, 1.165) is 28.7 Å². The van der Waals surface area contributed by atoms with Crippen LogP contribution in [0, 0.1) is 0 Å². The number of nitrogens with one attached hydrogen (secondary N) is 3. The summed E-state index contributed by atoms with van der Waals surface area (Å²) in [6.07, 6.45) is 6.38. The summed E-state index contributed by atoms with van der Waals surface area (Å²) in [5.74, 6) is -0.0426. The number of ether oxygens (including phenoxy) is 1. The maximum Gasteiger partial charge on any atom is 0.408 e. The summed E-state index contributed by atoms with van der Waals surface area (Å²) in [5, 5.41) is 8.10. The Bertz CT molecular complexity index is 1950. The van der Waals surface area contributed by atoms with Crippen molar-refractivity contribution in [3.05, 3.63) is 120 Å². The van der Waals surface area contributed by atoms with Crippen LogP contribution in [0.25, 0.3) is 0 Å². The first-order valence-corrected chi connectivity index (χ1v) is 19.9. The third-order valence-corrected chi connectivity index (χ3v) is 9.19. The van der Waals surface area contributed by atoms with Crippen molar-refractivity contribution in [3.63, 3.8) is 0 Å². The first-order valence-electron chi connectivity index (χ1n) is 19.9. The molecule has 0 saturated carbocycles. The zero-order chi connectivity index (χ0) is 43.4. The van der Waals surface area contributed by atoms with Gasteiger partial charge in [0.2, 0.25) is 11.8 Å². The van der Waals surface area contributed by atoms with Crippen LogP contribution in [0.3, 0.4) is 0 Å². The Morgan fingerprint density at radius 2 is 1.05 bits per heavy atom. The number of Topliss-reactive ketones (excluding diaryl/α,β-unsaturated/α-hetero) is 2. The number of ketones is 2. The molecular weight excluding hydrogens is 749 g/mol. The number of hydrogen-bond donors (Lipinski definition) is 6. The van der Waals surface area contributed by atoms with E-state index in [4.69, 9.17) is 21.9 Å². The fourth-order valence-corrected chi connectivity index (χ4v) is 5.84. The molecule has 0 spiro atoms. The topological polar surface area (TPSA) is 235 Å². The molecule has 0 fully saturated rings. The fraction of sp³-hybridized carbons (Fsp3) is 0.400. The predicted molar refractivity (Wildman–Crippen MR) is 230 cm³/mol. The third-order valence-electron chi connectivity index (χ3n) is 9.19. The number of anilines is 2. The first-order chi connectivity index (χ1) is 28.0. The van der Waals surface area contributed by atoms with Crippen molar-refractivity contribution in [2.75, 3.05) is 11.5 Å². The number of pyridine rings is 2. The number of nitrogens with two attached hydrogens (primary N) is 3. The van der Waals surface area contributed by atoms with Gasteiger partial charge in [-0.25, -0.2) is 14.8 Å². The number of rotatable bonds is 19. The number of hydrogen-bond acceptors (Lipinski definition) is 11. The normalized spacial score (nSPS) is 13.0. The van der Waals surface area contributed by atoms with Gasteiger partial charge in [-0.2, -0.15) is 0 Å². The Hall–Kier alpha value is -6.15. The summed E-state index contributed by atoms with van der Waals surface area (Å²) >= 11 is 0. The molecule has 316 valence electrons. The predicted octanol–water partition coefficient (Wildman–Crippen LogP) is 4.83. The van der Waals surface area contributed by atoms with Gasteiger partial charge in [-0.05, 0) is 120 Å². The van der Waals surface area contributed by atoms with E-state index in [2.05, 4.69) is 25.9 Å². The van der Waals surface area contributed by atoms with Crippen LogP contribution in [0.15, 0.2) is 97.3 Å². The van der Waals surface area contributed by atoms with Gasteiger partial charge in [0.1, 0.15) is 23.3 Å². The minimum absolute atomic E-state index is 0.0380. The Labute approximate surface area is 347 Å². The number of carbonyl (C=O) groups excluding carboxylic acids is 5. The largest absolute Gasteiger partial charge is 0.444 e. The fourth-order valence-electron chi connectivity index (χ4n) is 5.84. The Morgan fingerprint density at radius 1 is 0.610 bits per heavy atom. The molecule has 59 heavy (non-hydrogen) atoms. The molecule has 0 bridgehead atoms. The summed E-state index contributed by atoms with van der Waals surface area (Å²) in [6, 6.07) is 23.9. The zero-order valence-corrected chi connectivity index (χ0v) is 34.8. The lowest BCUT2D eigenvalue weighted by Gasteiger charge is -2.24. The highest BCUT2D eigenvalue weighted by Crippen LogP contribution is 2.12. The number of alkyl carbamates (subject to hydrolysis) is 1. The van der Waals surface area contributed by atoms with Crippen LogP contribution in [0.1, 0.15) is 82.6 Å². The average molecular weight is 809 g/mol. The second-order valence-electron chi connectivity index (χ2n) is 15.4. The molecule has 0 aliphatic carbocycles. The van der Waals surface area contributed by atoms with Gasteiger partial charge >= 0.3 is 6.09 Å². The lowest BCUT2D eigenvalue weighted by Crippen LogP contribution is -2.51. The maximum atomic E-state index is 12.9. The summed E-state index contributed by atoms with van der Waals surface area (Å²) < 4.78 is 5.31. The van der Waals surface area contributed by atoms with Crippen molar-refractivity contribution in [1.29, 1.82) is 0 Å². The number of aryl methyl sites for hydroxylation is 4. The van der Waals surface area contributed by atoms with E-state index in [1.54, 1.807) is 65.2 Å². The van der Waals surface area contributed by atoms with Crippen LogP contribution < -0.4 is 33.2 Å². The number of aromatic nitrogens is 2. The van der Waals surface area contributed by atoms with E-state index in [-0.39, 0.29) is 23.9 Å². The number of nitrogens with zero attached hydrogens (tertiary/aromatic N) is 2. The first kappa shape index (κ1) is 47.2. The molecule has 0 unspecified atom stereocenters. The molecule has 2 aromatic carbocycles. The number of nitrogen functional groups attached to an aromatic ring is 2. The van der Waals surface area contributed by atoms with Gasteiger partial charge in [-0.3, -0.25) is 19.2 Å². The number of amides is 3. The highest BCUT2D eigenvalue weighted by atomic mass is 16.6. The Balaban J connectivity index is 0.000000324. The van der Waals surface area contributed by atoms with Crippen molar-refractivity contribution in [2.24, 2.45) is 5.73 Å². The SMILES string of the molecule is C[C@H](NC(=O)[C@@H](CCc1ccccc1)NC(=O)OC(C)(C)C)C(=O)CCc1ccnc(N)c1.C[C@H](NC(=O)[C@H](N)CCc1ccccc1)C(=O)CCc1ccnc(N)c1. The van der Waals surface area contributed by atoms with Gasteiger partial charge in [0, 0.05) is 25.2 Å². The van der Waals surface area contributed by atoms with E-state index in [1.807, 2.05) is 66.7 Å². The minimum Gasteiger partial charge on any atom is -0.444 e. The van der Waals surface area contributed by atoms with Crippen LogP contribution >= 0.6 is 0 Å². The van der Waals surface area contributed by atoms with Crippen LogP contribution in [0.2, 0.25) is 0 Å². The van der Waals surface area contributed by atoms with Gasteiger partial charge in [0.25, 0.3) is 0 Å². The van der Waals surface area contributed by atoms with Crippen molar-refractivity contribution < 1.29 is 28.7 Å². The smallest absolute Gasteiger partial charge is 0.408 e. The molecule has 0 saturated heterocycles. The minimum atomic E-state index is -0.838. The van der Waals surface area contributed by atoms with E-state index in [9.17, 15) is 24.0 Å². The molecule has 0 aliphatic heterocycles. The molecule has 2 aromatic heterocycles. The monoisotopic (exact) mass is 808 g/mol. The molecule has 4 aromatic rings. The summed E-state index contributed by atoms with van der Waals surface area (Å²) in [4.78, 5) is 70.1. The van der Waals surface area contributed by atoms with Crippen LogP contribution in [-0.4, -0.2) is 69.2 Å². The third kappa shape index (κ3) is 18.8.